The molecule has 0 saturated heterocycles. The molecule has 0 radical (unpaired) electrons. The Labute approximate surface area is 83.9 Å². The predicted molar refractivity (Wildman–Crippen MR) is 51.1 cm³/mol. The average Bonchev–Trinajstić information content (AvgIpc) is 2.29. The topological polar surface area (TPSA) is 58.6 Å². The SMILES string of the molecule is O=C1CNc2ncc(Br)cc2C[NH2+]1. The van der Waals surface area contributed by atoms with Gasteiger partial charge in [-0.1, -0.05) is 0 Å². The van der Waals surface area contributed by atoms with Crippen LogP contribution in [0.5, 0.6) is 0 Å². The van der Waals surface area contributed by atoms with Gasteiger partial charge in [0.15, 0.2) is 0 Å². The Morgan fingerprint density at radius 1 is 1.62 bits per heavy atom. The van der Waals surface area contributed by atoms with Crippen LogP contribution < -0.4 is 10.6 Å². The zero-order valence-corrected chi connectivity index (χ0v) is 8.47. The van der Waals surface area contributed by atoms with Crippen molar-refractivity contribution in [1.82, 2.24) is 4.98 Å². The molecule has 0 aromatic carbocycles. The molecule has 1 amide bonds. The maximum atomic E-state index is 11.1. The summed E-state index contributed by atoms with van der Waals surface area (Å²) in [5, 5.41) is 4.68. The van der Waals surface area contributed by atoms with Crippen LogP contribution in [0, 0.1) is 0 Å². The molecule has 5 heteroatoms. The second kappa shape index (κ2) is 3.43. The van der Waals surface area contributed by atoms with Gasteiger partial charge in [0.25, 0.3) is 0 Å². The van der Waals surface area contributed by atoms with Gasteiger partial charge in [-0.15, -0.1) is 0 Å². The highest BCUT2D eigenvalue weighted by molar-refractivity contribution is 9.10. The molecule has 0 aliphatic carbocycles. The zero-order valence-electron chi connectivity index (χ0n) is 6.88. The van der Waals surface area contributed by atoms with E-state index in [4.69, 9.17) is 0 Å². The highest BCUT2D eigenvalue weighted by Crippen LogP contribution is 2.17. The third kappa shape index (κ3) is 1.87. The van der Waals surface area contributed by atoms with Gasteiger partial charge in [-0.25, -0.2) is 9.78 Å². The Balaban J connectivity index is 2.35. The Morgan fingerprint density at radius 3 is 3.31 bits per heavy atom. The molecule has 0 unspecified atom stereocenters. The van der Waals surface area contributed by atoms with E-state index in [1.165, 1.54) is 0 Å². The van der Waals surface area contributed by atoms with Crippen molar-refractivity contribution >= 4 is 27.7 Å². The number of hydrogen-bond acceptors (Lipinski definition) is 3. The summed E-state index contributed by atoms with van der Waals surface area (Å²) < 4.78 is 0.941. The minimum atomic E-state index is 0.120. The number of pyridine rings is 1. The molecule has 1 aromatic heterocycles. The van der Waals surface area contributed by atoms with Gasteiger partial charge in [0.2, 0.25) is 0 Å². The first-order valence-corrected chi connectivity index (χ1v) is 4.79. The molecular formula is C8H9BrN3O+. The molecule has 0 fully saturated rings. The largest absolute Gasteiger partial charge is 0.357 e. The summed E-state index contributed by atoms with van der Waals surface area (Å²) in [6, 6.07) is 1.98. The molecule has 1 aliphatic heterocycles. The number of nitrogens with zero attached hydrogens (tertiary/aromatic N) is 1. The Morgan fingerprint density at radius 2 is 2.46 bits per heavy atom. The summed E-state index contributed by atoms with van der Waals surface area (Å²) in [6.45, 7) is 1.01. The van der Waals surface area contributed by atoms with E-state index in [9.17, 15) is 4.79 Å². The van der Waals surface area contributed by atoms with Crippen LogP contribution in [0.1, 0.15) is 5.56 Å². The summed E-state index contributed by atoms with van der Waals surface area (Å²) in [7, 11) is 0. The molecule has 68 valence electrons. The third-order valence-electron chi connectivity index (χ3n) is 1.91. The molecule has 0 bridgehead atoms. The number of primary amides is 1. The van der Waals surface area contributed by atoms with E-state index in [0.29, 0.717) is 13.1 Å². The van der Waals surface area contributed by atoms with Gasteiger partial charge >= 0.3 is 5.91 Å². The van der Waals surface area contributed by atoms with Gasteiger partial charge in [0, 0.05) is 10.7 Å². The quantitative estimate of drug-likeness (QED) is 0.666. The molecule has 2 heterocycles. The smallest absolute Gasteiger partial charge is 0.329 e. The second-order valence-corrected chi connectivity index (χ2v) is 3.81. The standard InChI is InChI=1S/C8H8BrN3O/c9-6-1-5-2-10-7(13)4-12-8(5)11-3-6/h1,3H,2,4H2,(H,10,13)(H,11,12)/p+1. The Kier molecular flexibility index (Phi) is 2.28. The van der Waals surface area contributed by atoms with Crippen molar-refractivity contribution in [3.8, 4) is 0 Å². The number of aromatic nitrogens is 1. The lowest BCUT2D eigenvalue weighted by atomic mass is 10.2. The van der Waals surface area contributed by atoms with Gasteiger partial charge in [0.1, 0.15) is 18.9 Å². The number of fused-ring (bicyclic) bond motifs is 1. The highest BCUT2D eigenvalue weighted by Gasteiger charge is 2.15. The van der Waals surface area contributed by atoms with Crippen LogP contribution in [0.4, 0.5) is 5.82 Å². The number of carbonyl (C=O) groups is 1. The monoisotopic (exact) mass is 242 g/mol. The minimum absolute atomic E-state index is 0.120. The molecular weight excluding hydrogens is 234 g/mol. The number of amides is 1. The normalized spacial score (nSPS) is 15.9. The first-order valence-electron chi connectivity index (χ1n) is 4.00. The maximum absolute atomic E-state index is 11.1. The third-order valence-corrected chi connectivity index (χ3v) is 2.35. The van der Waals surface area contributed by atoms with Crippen molar-refractivity contribution in [2.24, 2.45) is 0 Å². The van der Waals surface area contributed by atoms with E-state index in [1.807, 2.05) is 6.07 Å². The lowest BCUT2D eigenvalue weighted by Gasteiger charge is -2.02. The van der Waals surface area contributed by atoms with Crippen LogP contribution in [-0.4, -0.2) is 17.4 Å². The lowest BCUT2D eigenvalue weighted by Crippen LogP contribution is -2.87. The van der Waals surface area contributed by atoms with Crippen molar-refractivity contribution in [1.29, 1.82) is 0 Å². The average molecular weight is 243 g/mol. The number of nitrogens with one attached hydrogen (secondary N) is 1. The van der Waals surface area contributed by atoms with Gasteiger partial charge in [-0.2, -0.15) is 0 Å². The van der Waals surface area contributed by atoms with Crippen LogP contribution >= 0.6 is 15.9 Å². The van der Waals surface area contributed by atoms with Crippen molar-refractivity contribution in [2.75, 3.05) is 11.9 Å². The van der Waals surface area contributed by atoms with E-state index >= 15 is 0 Å². The van der Waals surface area contributed by atoms with E-state index in [2.05, 4.69) is 26.2 Å². The van der Waals surface area contributed by atoms with E-state index in [0.717, 1.165) is 15.9 Å². The number of anilines is 1. The fraction of sp³-hybridized carbons (Fsp3) is 0.250. The lowest BCUT2D eigenvalue weighted by molar-refractivity contribution is -0.582. The second-order valence-electron chi connectivity index (χ2n) is 2.89. The number of rotatable bonds is 0. The number of nitrogens with two attached hydrogens (primary N) is 1. The number of quaternary nitrogens is 1. The predicted octanol–water partition coefficient (Wildman–Crippen LogP) is -0.140. The van der Waals surface area contributed by atoms with E-state index < -0.39 is 0 Å². The first kappa shape index (κ1) is 8.65. The van der Waals surface area contributed by atoms with Crippen molar-refractivity contribution in [3.05, 3.63) is 22.3 Å². The molecule has 3 N–H and O–H groups in total. The van der Waals surface area contributed by atoms with Gasteiger partial charge in [-0.05, 0) is 22.0 Å². The van der Waals surface area contributed by atoms with Crippen LogP contribution in [0.25, 0.3) is 0 Å². The molecule has 0 spiro atoms. The molecule has 0 atom stereocenters. The Bertz CT molecular complexity index is 353. The zero-order chi connectivity index (χ0) is 9.26. The van der Waals surface area contributed by atoms with Gasteiger partial charge in [-0.3, -0.25) is 5.32 Å². The summed E-state index contributed by atoms with van der Waals surface area (Å²) >= 11 is 3.34. The van der Waals surface area contributed by atoms with Crippen molar-refractivity contribution < 1.29 is 10.1 Å². The minimum Gasteiger partial charge on any atom is -0.357 e. The molecule has 13 heavy (non-hydrogen) atoms. The van der Waals surface area contributed by atoms with Crippen LogP contribution in [-0.2, 0) is 11.3 Å². The maximum Gasteiger partial charge on any atom is 0.329 e. The number of hydrogen-bond donors (Lipinski definition) is 2. The van der Waals surface area contributed by atoms with E-state index in [-0.39, 0.29) is 5.91 Å². The summed E-state index contributed by atoms with van der Waals surface area (Å²) in [5.74, 6) is 0.930. The molecule has 1 aliphatic rings. The fourth-order valence-electron chi connectivity index (χ4n) is 1.26. The van der Waals surface area contributed by atoms with E-state index in [1.54, 1.807) is 11.5 Å². The van der Waals surface area contributed by atoms with Crippen molar-refractivity contribution in [2.45, 2.75) is 6.54 Å². The fourth-order valence-corrected chi connectivity index (χ4v) is 1.64. The molecule has 0 saturated carbocycles. The van der Waals surface area contributed by atoms with Crippen molar-refractivity contribution in [3.63, 3.8) is 0 Å². The van der Waals surface area contributed by atoms with Crippen LogP contribution in [0.2, 0.25) is 0 Å². The highest BCUT2D eigenvalue weighted by atomic mass is 79.9. The van der Waals surface area contributed by atoms with Crippen LogP contribution in [0.3, 0.4) is 0 Å². The Hall–Kier alpha value is -0.940. The first-order chi connectivity index (χ1) is 6.25. The summed E-state index contributed by atoms with van der Waals surface area (Å²) in [5.41, 5.74) is 1.06. The van der Waals surface area contributed by atoms with Gasteiger partial charge in [0.05, 0.1) is 5.56 Å². The molecule has 1 aromatic rings. The summed E-state index contributed by atoms with van der Waals surface area (Å²) in [6.07, 6.45) is 1.72. The van der Waals surface area contributed by atoms with Crippen LogP contribution in [0.15, 0.2) is 16.7 Å². The molecule has 2 rings (SSSR count). The number of halogens is 1. The summed E-state index contributed by atoms with van der Waals surface area (Å²) in [4.78, 5) is 15.3. The van der Waals surface area contributed by atoms with Gasteiger partial charge < -0.3 is 5.32 Å². The molecule has 4 nitrogen and oxygen atoms in total. The number of carbonyl (C=O) groups excluding carboxylic acids is 1.